The fraction of sp³-hybridized carbons (Fsp3) is 0.400. The molecule has 1 aromatic rings. The summed E-state index contributed by atoms with van der Waals surface area (Å²) in [6, 6.07) is 5.47. The van der Waals surface area contributed by atoms with Gasteiger partial charge >= 0.3 is 0 Å². The van der Waals surface area contributed by atoms with Gasteiger partial charge in [-0.3, -0.25) is 10.1 Å². The summed E-state index contributed by atoms with van der Waals surface area (Å²) in [5.41, 5.74) is -0.791. The van der Waals surface area contributed by atoms with Gasteiger partial charge in [-0.2, -0.15) is 5.26 Å². The highest BCUT2D eigenvalue weighted by molar-refractivity contribution is 5.98. The van der Waals surface area contributed by atoms with Crippen molar-refractivity contribution < 1.29 is 9.21 Å². The number of hydrogen-bond donors (Lipinski definition) is 1. The highest BCUT2D eigenvalue weighted by atomic mass is 16.4. The van der Waals surface area contributed by atoms with Gasteiger partial charge in [0.25, 0.3) is 0 Å². The molecule has 1 amide bonds. The number of nitrogens with zero attached hydrogens (tertiary/aromatic N) is 1. The van der Waals surface area contributed by atoms with E-state index in [1.807, 2.05) is 6.07 Å². The second-order valence-corrected chi connectivity index (χ2v) is 3.56. The van der Waals surface area contributed by atoms with Crippen molar-refractivity contribution in [3.05, 3.63) is 17.9 Å². The number of rotatable bonds is 2. The van der Waals surface area contributed by atoms with Crippen LogP contribution >= 0.6 is 0 Å². The van der Waals surface area contributed by atoms with Crippen LogP contribution in [0.15, 0.2) is 16.5 Å². The molecule has 0 spiro atoms. The summed E-state index contributed by atoms with van der Waals surface area (Å²) in [6.45, 7) is 1.80. The molecule has 0 aromatic carbocycles. The van der Waals surface area contributed by atoms with Crippen LogP contribution in [0.3, 0.4) is 0 Å². The van der Waals surface area contributed by atoms with Crippen molar-refractivity contribution in [1.82, 2.24) is 0 Å². The predicted molar refractivity (Wildman–Crippen MR) is 49.4 cm³/mol. The van der Waals surface area contributed by atoms with Gasteiger partial charge in [0.05, 0.1) is 6.07 Å². The van der Waals surface area contributed by atoms with Crippen molar-refractivity contribution in [3.8, 4) is 6.07 Å². The number of nitrogens with one attached hydrogen (secondary N) is 1. The first-order valence-corrected chi connectivity index (χ1v) is 4.45. The first-order chi connectivity index (χ1) is 6.66. The van der Waals surface area contributed by atoms with Crippen molar-refractivity contribution in [1.29, 1.82) is 5.26 Å². The Hall–Kier alpha value is -1.76. The Morgan fingerprint density at radius 2 is 2.36 bits per heavy atom. The number of carbonyl (C=O) groups is 1. The van der Waals surface area contributed by atoms with E-state index in [0.29, 0.717) is 18.7 Å². The maximum Gasteiger partial charge on any atom is 0.247 e. The van der Waals surface area contributed by atoms with Crippen LogP contribution in [0.1, 0.15) is 18.6 Å². The van der Waals surface area contributed by atoms with E-state index in [-0.39, 0.29) is 5.91 Å². The first kappa shape index (κ1) is 8.82. The van der Waals surface area contributed by atoms with E-state index in [1.165, 1.54) is 0 Å². The number of carbonyl (C=O) groups excluding carboxylic acids is 1. The SMILES string of the molecule is Cc1ccc(NC(=O)C2(C#N)CC2)o1. The fourth-order valence-electron chi connectivity index (χ4n) is 1.25. The van der Waals surface area contributed by atoms with Crippen LogP contribution in [-0.4, -0.2) is 5.91 Å². The molecule has 1 N–H and O–H groups in total. The van der Waals surface area contributed by atoms with Gasteiger partial charge < -0.3 is 4.42 Å². The average molecular weight is 190 g/mol. The Morgan fingerprint density at radius 1 is 1.64 bits per heavy atom. The molecule has 14 heavy (non-hydrogen) atoms. The van der Waals surface area contributed by atoms with Gasteiger partial charge in [-0.05, 0) is 25.8 Å². The van der Waals surface area contributed by atoms with Crippen LogP contribution in [0, 0.1) is 23.7 Å². The van der Waals surface area contributed by atoms with Crippen molar-refractivity contribution in [2.24, 2.45) is 5.41 Å². The Balaban J connectivity index is 2.06. The van der Waals surface area contributed by atoms with Crippen LogP contribution in [0.4, 0.5) is 5.88 Å². The molecule has 1 aliphatic carbocycles. The summed E-state index contributed by atoms with van der Waals surface area (Å²) in [5.74, 6) is 0.894. The monoisotopic (exact) mass is 190 g/mol. The van der Waals surface area contributed by atoms with E-state index in [9.17, 15) is 4.79 Å². The lowest BCUT2D eigenvalue weighted by atomic mass is 10.1. The molecule has 0 aliphatic heterocycles. The molecule has 1 fully saturated rings. The molecule has 1 aromatic heterocycles. The van der Waals surface area contributed by atoms with E-state index in [1.54, 1.807) is 19.1 Å². The zero-order chi connectivity index (χ0) is 10.2. The fourth-order valence-corrected chi connectivity index (χ4v) is 1.25. The number of aryl methyl sites for hydroxylation is 1. The minimum absolute atomic E-state index is 0.255. The molecule has 0 atom stereocenters. The van der Waals surface area contributed by atoms with Gasteiger partial charge in [-0.15, -0.1) is 0 Å². The molecule has 72 valence electrons. The third-order valence-electron chi connectivity index (χ3n) is 2.38. The topological polar surface area (TPSA) is 66.0 Å². The summed E-state index contributed by atoms with van der Waals surface area (Å²) in [6.07, 6.45) is 1.30. The number of hydrogen-bond acceptors (Lipinski definition) is 3. The maximum absolute atomic E-state index is 11.5. The molecular weight excluding hydrogens is 180 g/mol. The standard InChI is InChI=1S/C10H10N2O2/c1-7-2-3-8(14-7)12-9(13)10(6-11)4-5-10/h2-3H,4-5H2,1H3,(H,12,13). The molecular formula is C10H10N2O2. The van der Waals surface area contributed by atoms with Crippen LogP contribution in [0.25, 0.3) is 0 Å². The second kappa shape index (κ2) is 2.88. The van der Waals surface area contributed by atoms with Crippen LogP contribution in [-0.2, 0) is 4.79 Å². The molecule has 0 saturated heterocycles. The summed E-state index contributed by atoms with van der Waals surface area (Å²) >= 11 is 0. The van der Waals surface area contributed by atoms with Gasteiger partial charge in [0.2, 0.25) is 5.91 Å². The summed E-state index contributed by atoms with van der Waals surface area (Å²) in [4.78, 5) is 11.5. The average Bonchev–Trinajstić information content (AvgIpc) is 2.87. The summed E-state index contributed by atoms with van der Waals surface area (Å²) in [7, 11) is 0. The van der Waals surface area contributed by atoms with Crippen molar-refractivity contribution >= 4 is 11.8 Å². The molecule has 0 radical (unpaired) electrons. The van der Waals surface area contributed by atoms with Crippen LogP contribution in [0.5, 0.6) is 0 Å². The van der Waals surface area contributed by atoms with Gasteiger partial charge in [-0.25, -0.2) is 0 Å². The Morgan fingerprint density at radius 3 is 2.79 bits per heavy atom. The number of furan rings is 1. The Bertz CT molecular complexity index is 410. The molecule has 4 nitrogen and oxygen atoms in total. The quantitative estimate of drug-likeness (QED) is 0.773. The summed E-state index contributed by atoms with van der Waals surface area (Å²) in [5, 5.41) is 11.4. The van der Waals surface area contributed by atoms with E-state index in [2.05, 4.69) is 5.32 Å². The Labute approximate surface area is 81.5 Å². The highest BCUT2D eigenvalue weighted by Crippen LogP contribution is 2.45. The van der Waals surface area contributed by atoms with Crippen LogP contribution < -0.4 is 5.32 Å². The van der Waals surface area contributed by atoms with Crippen molar-refractivity contribution in [2.75, 3.05) is 5.32 Å². The lowest BCUT2D eigenvalue weighted by Gasteiger charge is -2.04. The van der Waals surface area contributed by atoms with Gasteiger partial charge in [0.1, 0.15) is 11.2 Å². The molecule has 0 unspecified atom stereocenters. The smallest absolute Gasteiger partial charge is 0.247 e. The molecule has 1 heterocycles. The van der Waals surface area contributed by atoms with E-state index in [0.717, 1.165) is 5.76 Å². The molecule has 1 saturated carbocycles. The van der Waals surface area contributed by atoms with E-state index < -0.39 is 5.41 Å². The second-order valence-electron chi connectivity index (χ2n) is 3.56. The third kappa shape index (κ3) is 1.37. The molecule has 0 bridgehead atoms. The number of nitriles is 1. The van der Waals surface area contributed by atoms with Gasteiger partial charge in [0.15, 0.2) is 5.88 Å². The molecule has 1 aliphatic rings. The van der Waals surface area contributed by atoms with E-state index >= 15 is 0 Å². The normalized spacial score (nSPS) is 17.1. The highest BCUT2D eigenvalue weighted by Gasteiger charge is 2.50. The lowest BCUT2D eigenvalue weighted by Crippen LogP contribution is -2.22. The number of anilines is 1. The predicted octanol–water partition coefficient (Wildman–Crippen LogP) is 1.83. The minimum Gasteiger partial charge on any atom is -0.446 e. The zero-order valence-corrected chi connectivity index (χ0v) is 7.83. The summed E-state index contributed by atoms with van der Waals surface area (Å²) < 4.78 is 5.18. The first-order valence-electron chi connectivity index (χ1n) is 4.45. The largest absolute Gasteiger partial charge is 0.446 e. The lowest BCUT2D eigenvalue weighted by molar-refractivity contribution is -0.119. The zero-order valence-electron chi connectivity index (χ0n) is 7.83. The van der Waals surface area contributed by atoms with Crippen molar-refractivity contribution in [3.63, 3.8) is 0 Å². The van der Waals surface area contributed by atoms with Crippen molar-refractivity contribution in [2.45, 2.75) is 19.8 Å². The van der Waals surface area contributed by atoms with Crippen LogP contribution in [0.2, 0.25) is 0 Å². The van der Waals surface area contributed by atoms with Gasteiger partial charge in [0, 0.05) is 6.07 Å². The third-order valence-corrected chi connectivity index (χ3v) is 2.38. The van der Waals surface area contributed by atoms with E-state index in [4.69, 9.17) is 9.68 Å². The number of amides is 1. The molecule has 4 heteroatoms. The Kier molecular flexibility index (Phi) is 1.81. The minimum atomic E-state index is -0.791. The maximum atomic E-state index is 11.5. The molecule has 2 rings (SSSR count). The van der Waals surface area contributed by atoms with Gasteiger partial charge in [-0.1, -0.05) is 0 Å².